The molecule has 8 heteroatoms. The zero-order chi connectivity index (χ0) is 23.2. The van der Waals surface area contributed by atoms with Crippen molar-refractivity contribution in [2.24, 2.45) is 10.9 Å². The lowest BCUT2D eigenvalue weighted by Gasteiger charge is -2.29. The van der Waals surface area contributed by atoms with Gasteiger partial charge in [0.15, 0.2) is 5.54 Å². The van der Waals surface area contributed by atoms with Crippen molar-refractivity contribution < 1.29 is 19.2 Å². The van der Waals surface area contributed by atoms with Crippen LogP contribution in [0.2, 0.25) is 0 Å². The Bertz CT molecular complexity index is 1060. The quantitative estimate of drug-likeness (QED) is 0.745. The van der Waals surface area contributed by atoms with Crippen molar-refractivity contribution in [2.45, 2.75) is 64.6 Å². The number of aliphatic imine (C=N–C) groups is 1. The van der Waals surface area contributed by atoms with Crippen molar-refractivity contribution in [2.75, 3.05) is 6.54 Å². The molecule has 0 saturated carbocycles. The van der Waals surface area contributed by atoms with Crippen molar-refractivity contribution in [3.05, 3.63) is 52.9 Å². The van der Waals surface area contributed by atoms with Crippen LogP contribution < -0.4 is 5.32 Å². The molecule has 2 N–H and O–H groups in total. The van der Waals surface area contributed by atoms with Gasteiger partial charge in [-0.3, -0.25) is 9.59 Å². The minimum absolute atomic E-state index is 0.0359. The van der Waals surface area contributed by atoms with Gasteiger partial charge in [0.1, 0.15) is 17.5 Å². The maximum Gasteiger partial charge on any atom is 0.257 e. The number of hydrogen-bond acceptors (Lipinski definition) is 6. The number of carbonyl (C=O) groups excluding carboxylic acids is 2. The second-order valence-corrected chi connectivity index (χ2v) is 9.38. The lowest BCUT2D eigenvalue weighted by Crippen LogP contribution is -2.48. The van der Waals surface area contributed by atoms with Gasteiger partial charge < -0.3 is 19.8 Å². The summed E-state index contributed by atoms with van der Waals surface area (Å²) in [6, 6.07) is 8.95. The zero-order valence-corrected chi connectivity index (χ0v) is 19.1. The summed E-state index contributed by atoms with van der Waals surface area (Å²) in [6.45, 7) is 9.64. The van der Waals surface area contributed by atoms with E-state index in [0.717, 1.165) is 11.1 Å². The first-order valence-electron chi connectivity index (χ1n) is 11.0. The molecule has 2 amide bonds. The maximum atomic E-state index is 13.6. The third-order valence-corrected chi connectivity index (χ3v) is 6.40. The van der Waals surface area contributed by atoms with E-state index in [0.29, 0.717) is 23.7 Å². The smallest absolute Gasteiger partial charge is 0.257 e. The van der Waals surface area contributed by atoms with E-state index in [1.807, 2.05) is 52.0 Å². The molecule has 0 radical (unpaired) electrons. The highest BCUT2D eigenvalue weighted by molar-refractivity contribution is 6.11. The van der Waals surface area contributed by atoms with Crippen molar-refractivity contribution >= 4 is 17.6 Å². The van der Waals surface area contributed by atoms with Gasteiger partial charge in [-0.25, -0.2) is 4.99 Å². The van der Waals surface area contributed by atoms with Crippen molar-refractivity contribution in [3.63, 3.8) is 0 Å². The van der Waals surface area contributed by atoms with E-state index in [1.54, 1.807) is 17.9 Å². The largest absolute Gasteiger partial charge is 0.391 e. The number of β-amino-alcohol motifs (C(OH)–C–C–N with tert-alkyl or cyclic N) is 1. The molecule has 2 aliphatic heterocycles. The number of benzene rings is 1. The van der Waals surface area contributed by atoms with Gasteiger partial charge >= 0.3 is 0 Å². The maximum absolute atomic E-state index is 13.6. The number of aliphatic hydroxyl groups is 1. The van der Waals surface area contributed by atoms with E-state index >= 15 is 0 Å². The summed E-state index contributed by atoms with van der Waals surface area (Å²) in [6.07, 6.45) is -0.381. The van der Waals surface area contributed by atoms with E-state index in [1.165, 1.54) is 0 Å². The normalized spacial score (nSPS) is 26.4. The minimum atomic E-state index is -1.08. The SMILES string of the molecule is Cc1ccc([C@]2(C)N=C([C@@H]3C[C@@H](O)CN3C(=O)[C@@H](c3cc(C)no3)C(C)C)NC2=O)cc1. The molecule has 1 fully saturated rings. The highest BCUT2D eigenvalue weighted by Crippen LogP contribution is 2.35. The average molecular weight is 439 g/mol. The molecule has 8 nitrogen and oxygen atoms in total. The molecule has 4 atom stereocenters. The predicted molar refractivity (Wildman–Crippen MR) is 119 cm³/mol. The lowest BCUT2D eigenvalue weighted by atomic mass is 9.91. The van der Waals surface area contributed by atoms with Crippen molar-refractivity contribution in [1.29, 1.82) is 0 Å². The highest BCUT2D eigenvalue weighted by Gasteiger charge is 2.48. The lowest BCUT2D eigenvalue weighted by molar-refractivity contribution is -0.134. The molecule has 3 heterocycles. The number of aliphatic hydroxyl groups excluding tert-OH is 1. The summed E-state index contributed by atoms with van der Waals surface area (Å²) >= 11 is 0. The molecule has 4 rings (SSSR count). The molecular weight excluding hydrogens is 408 g/mol. The number of hydrogen-bond donors (Lipinski definition) is 2. The number of nitrogens with zero attached hydrogens (tertiary/aromatic N) is 3. The third kappa shape index (κ3) is 3.83. The summed E-state index contributed by atoms with van der Waals surface area (Å²) in [7, 11) is 0. The Morgan fingerprint density at radius 1 is 1.28 bits per heavy atom. The van der Waals surface area contributed by atoms with Crippen LogP contribution in [0.4, 0.5) is 0 Å². The van der Waals surface area contributed by atoms with Gasteiger partial charge in [0.2, 0.25) is 5.91 Å². The van der Waals surface area contributed by atoms with Gasteiger partial charge in [0.05, 0.1) is 17.8 Å². The van der Waals surface area contributed by atoms with Crippen LogP contribution in [-0.4, -0.2) is 51.5 Å². The van der Waals surface area contributed by atoms with Crippen molar-refractivity contribution in [1.82, 2.24) is 15.4 Å². The van der Waals surface area contributed by atoms with Crippen molar-refractivity contribution in [3.8, 4) is 0 Å². The summed E-state index contributed by atoms with van der Waals surface area (Å²) in [5.74, 6) is -0.0601. The van der Waals surface area contributed by atoms with E-state index < -0.39 is 23.6 Å². The summed E-state index contributed by atoms with van der Waals surface area (Å²) in [5, 5.41) is 17.2. The number of nitrogens with one attached hydrogen (secondary N) is 1. The van der Waals surface area contributed by atoms with Crippen LogP contribution in [0.3, 0.4) is 0 Å². The molecule has 0 spiro atoms. The molecule has 2 aliphatic rings. The Hall–Kier alpha value is -3.00. The summed E-state index contributed by atoms with van der Waals surface area (Å²) in [5.41, 5.74) is 1.50. The molecular formula is C24H30N4O4. The Balaban J connectivity index is 1.66. The third-order valence-electron chi connectivity index (χ3n) is 6.40. The first kappa shape index (κ1) is 22.2. The van der Waals surface area contributed by atoms with Gasteiger partial charge in [-0.05, 0) is 32.3 Å². The zero-order valence-electron chi connectivity index (χ0n) is 19.1. The van der Waals surface area contributed by atoms with Gasteiger partial charge in [0.25, 0.3) is 5.91 Å². The van der Waals surface area contributed by atoms with E-state index in [-0.39, 0.29) is 24.3 Å². The fourth-order valence-electron chi connectivity index (χ4n) is 4.55. The minimum Gasteiger partial charge on any atom is -0.391 e. The number of amidine groups is 1. The molecule has 0 aliphatic carbocycles. The van der Waals surface area contributed by atoms with E-state index in [2.05, 4.69) is 10.5 Å². The van der Waals surface area contributed by atoms with Gasteiger partial charge in [-0.2, -0.15) is 0 Å². The first-order chi connectivity index (χ1) is 15.1. The fraction of sp³-hybridized carbons (Fsp3) is 0.500. The number of aromatic nitrogens is 1. The van der Waals surface area contributed by atoms with Crippen LogP contribution >= 0.6 is 0 Å². The number of aryl methyl sites for hydroxylation is 2. The van der Waals surface area contributed by atoms with Crippen LogP contribution in [0.15, 0.2) is 39.8 Å². The number of rotatable bonds is 5. The second-order valence-electron chi connectivity index (χ2n) is 9.38. The van der Waals surface area contributed by atoms with E-state index in [9.17, 15) is 14.7 Å². The van der Waals surface area contributed by atoms with Gasteiger partial charge in [-0.15, -0.1) is 0 Å². The molecule has 1 saturated heterocycles. The van der Waals surface area contributed by atoms with Crippen LogP contribution in [-0.2, 0) is 15.1 Å². The molecule has 2 aromatic rings. The molecule has 1 aromatic heterocycles. The summed E-state index contributed by atoms with van der Waals surface area (Å²) in [4.78, 5) is 32.9. The number of amides is 2. The van der Waals surface area contributed by atoms with E-state index in [4.69, 9.17) is 9.52 Å². The fourth-order valence-corrected chi connectivity index (χ4v) is 4.55. The molecule has 170 valence electrons. The number of likely N-dealkylation sites (tertiary alicyclic amines) is 1. The first-order valence-corrected chi connectivity index (χ1v) is 11.0. The Labute approximate surface area is 187 Å². The summed E-state index contributed by atoms with van der Waals surface area (Å²) < 4.78 is 5.41. The monoisotopic (exact) mass is 438 g/mol. The topological polar surface area (TPSA) is 108 Å². The Kier molecular flexibility index (Phi) is 5.67. The average Bonchev–Trinajstić information content (AvgIpc) is 3.40. The van der Waals surface area contributed by atoms with Gasteiger partial charge in [-0.1, -0.05) is 48.8 Å². The van der Waals surface area contributed by atoms with Crippen LogP contribution in [0.25, 0.3) is 0 Å². The van der Waals surface area contributed by atoms with Gasteiger partial charge in [0, 0.05) is 19.0 Å². The second kappa shape index (κ2) is 8.16. The Morgan fingerprint density at radius 2 is 1.97 bits per heavy atom. The molecule has 0 unspecified atom stereocenters. The highest BCUT2D eigenvalue weighted by atomic mass is 16.5. The van der Waals surface area contributed by atoms with Crippen LogP contribution in [0.5, 0.6) is 0 Å². The number of carbonyl (C=O) groups is 2. The molecule has 0 bridgehead atoms. The van der Waals surface area contributed by atoms with Crippen LogP contribution in [0.1, 0.15) is 55.7 Å². The predicted octanol–water partition coefficient (Wildman–Crippen LogP) is 2.44. The van der Waals surface area contributed by atoms with Crippen LogP contribution in [0, 0.1) is 19.8 Å². The molecule has 1 aromatic carbocycles. The Morgan fingerprint density at radius 3 is 2.56 bits per heavy atom. The standard InChI is InChI=1S/C24H30N4O4/c1-13(2)20(19-10-15(4)27-32-19)22(30)28-12-17(29)11-18(28)21-25-23(31)24(5,26-21)16-8-6-14(3)7-9-16/h6-10,13,17-18,20,29H,11-12H2,1-5H3,(H,25,26,31)/t17-,18+,20-,24+/m1/s1. The molecule has 32 heavy (non-hydrogen) atoms.